The van der Waals surface area contributed by atoms with Crippen molar-refractivity contribution in [3.8, 4) is 28.7 Å². The summed E-state index contributed by atoms with van der Waals surface area (Å²) in [4.78, 5) is 13.2. The highest BCUT2D eigenvalue weighted by atomic mass is 16.7. The van der Waals surface area contributed by atoms with E-state index >= 15 is 0 Å². The highest BCUT2D eigenvalue weighted by molar-refractivity contribution is 6.04. The Morgan fingerprint density at radius 2 is 1.58 bits per heavy atom. The summed E-state index contributed by atoms with van der Waals surface area (Å²) in [6.45, 7) is 0.197. The van der Waals surface area contributed by atoms with Gasteiger partial charge < -0.3 is 23.7 Å². The molecule has 0 aromatic heterocycles. The van der Waals surface area contributed by atoms with Gasteiger partial charge in [0.15, 0.2) is 28.8 Å². The molecule has 0 fully saturated rings. The Kier molecular flexibility index (Phi) is 4.11. The fourth-order valence-corrected chi connectivity index (χ4v) is 3.66. The summed E-state index contributed by atoms with van der Waals surface area (Å²) in [5, 5.41) is 0. The van der Waals surface area contributed by atoms with Crippen molar-refractivity contribution in [2.24, 2.45) is 0 Å². The molecule has 0 amide bonds. The molecule has 0 bridgehead atoms. The summed E-state index contributed by atoms with van der Waals surface area (Å²) in [6.07, 6.45) is 1.50. The monoisotopic (exact) mass is 356 g/mol. The third-order valence-electron chi connectivity index (χ3n) is 4.97. The number of ketones is 1. The molecule has 6 nitrogen and oxygen atoms in total. The van der Waals surface area contributed by atoms with Gasteiger partial charge in [-0.05, 0) is 48.2 Å². The molecule has 4 rings (SSSR count). The van der Waals surface area contributed by atoms with E-state index in [0.29, 0.717) is 40.7 Å². The second-order valence-electron chi connectivity index (χ2n) is 6.28. The number of Topliss-reactive ketones (excluding diaryl/α,β-unsaturated/α-hetero) is 1. The van der Waals surface area contributed by atoms with E-state index in [1.165, 1.54) is 0 Å². The predicted octanol–water partition coefficient (Wildman–Crippen LogP) is 3.35. The van der Waals surface area contributed by atoms with E-state index < -0.39 is 0 Å². The zero-order valence-corrected chi connectivity index (χ0v) is 15.0. The third kappa shape index (κ3) is 2.53. The SMILES string of the molecule is COc1cc(C2CCc3cc4c(cc3C2=O)OCO4)cc(OC)c1OC. The van der Waals surface area contributed by atoms with Gasteiger partial charge in [-0.1, -0.05) is 0 Å². The van der Waals surface area contributed by atoms with Crippen LogP contribution in [0.1, 0.15) is 33.8 Å². The van der Waals surface area contributed by atoms with E-state index in [9.17, 15) is 4.79 Å². The van der Waals surface area contributed by atoms with Crippen molar-refractivity contribution in [2.45, 2.75) is 18.8 Å². The van der Waals surface area contributed by atoms with Gasteiger partial charge in [-0.25, -0.2) is 0 Å². The Balaban J connectivity index is 1.75. The molecule has 2 aromatic carbocycles. The zero-order valence-electron chi connectivity index (χ0n) is 15.0. The molecule has 2 aliphatic rings. The number of carbonyl (C=O) groups excluding carboxylic acids is 1. The van der Waals surface area contributed by atoms with E-state index in [4.69, 9.17) is 23.7 Å². The maximum absolute atomic E-state index is 13.2. The predicted molar refractivity (Wildman–Crippen MR) is 94.1 cm³/mol. The average Bonchev–Trinajstić information content (AvgIpc) is 3.13. The Morgan fingerprint density at radius 1 is 0.923 bits per heavy atom. The molecular weight excluding hydrogens is 336 g/mol. The summed E-state index contributed by atoms with van der Waals surface area (Å²) < 4.78 is 27.1. The van der Waals surface area contributed by atoms with Gasteiger partial charge in [0.25, 0.3) is 0 Å². The molecule has 136 valence electrons. The average molecular weight is 356 g/mol. The Labute approximate surface area is 151 Å². The molecule has 2 aromatic rings. The van der Waals surface area contributed by atoms with Gasteiger partial charge in [-0.15, -0.1) is 0 Å². The maximum atomic E-state index is 13.2. The van der Waals surface area contributed by atoms with E-state index in [2.05, 4.69) is 0 Å². The number of ether oxygens (including phenoxy) is 5. The second-order valence-corrected chi connectivity index (χ2v) is 6.28. The number of hydrogen-bond donors (Lipinski definition) is 0. The van der Waals surface area contributed by atoms with Crippen molar-refractivity contribution >= 4 is 5.78 Å². The van der Waals surface area contributed by atoms with Gasteiger partial charge in [-0.3, -0.25) is 4.79 Å². The summed E-state index contributed by atoms with van der Waals surface area (Å²) in [6, 6.07) is 7.41. The number of fused-ring (bicyclic) bond motifs is 2. The van der Waals surface area contributed by atoms with Crippen molar-refractivity contribution in [3.05, 3.63) is 41.0 Å². The smallest absolute Gasteiger partial charge is 0.231 e. The quantitative estimate of drug-likeness (QED) is 0.837. The lowest BCUT2D eigenvalue weighted by atomic mass is 9.79. The first-order valence-corrected chi connectivity index (χ1v) is 8.43. The zero-order chi connectivity index (χ0) is 18.3. The Morgan fingerprint density at radius 3 is 2.19 bits per heavy atom. The van der Waals surface area contributed by atoms with Crippen LogP contribution in [0.15, 0.2) is 24.3 Å². The van der Waals surface area contributed by atoms with Crippen molar-refractivity contribution in [3.63, 3.8) is 0 Å². The molecule has 0 saturated heterocycles. The molecule has 1 aliphatic carbocycles. The standard InChI is InChI=1S/C20H20O6/c1-22-17-7-12(8-18(23-2)20(17)24-3)13-5-4-11-6-15-16(26-10-25-15)9-14(11)19(13)21/h6-9,13H,4-5,10H2,1-3H3. The molecule has 1 heterocycles. The fraction of sp³-hybridized carbons (Fsp3) is 0.350. The van der Waals surface area contributed by atoms with Crippen LogP contribution in [0.2, 0.25) is 0 Å². The van der Waals surface area contributed by atoms with Crippen LogP contribution in [0.3, 0.4) is 0 Å². The molecule has 1 atom stereocenters. The number of carbonyl (C=O) groups is 1. The minimum absolute atomic E-state index is 0.0684. The highest BCUT2D eigenvalue weighted by Crippen LogP contribution is 2.44. The first kappa shape index (κ1) is 16.6. The van der Waals surface area contributed by atoms with E-state index in [1.807, 2.05) is 18.2 Å². The number of hydrogen-bond acceptors (Lipinski definition) is 6. The third-order valence-corrected chi connectivity index (χ3v) is 4.97. The topological polar surface area (TPSA) is 63.2 Å². The van der Waals surface area contributed by atoms with Crippen LogP contribution in [0.4, 0.5) is 0 Å². The summed E-state index contributed by atoms with van der Waals surface area (Å²) in [5.74, 6) is 2.75. The van der Waals surface area contributed by atoms with Crippen molar-refractivity contribution in [1.29, 1.82) is 0 Å². The molecular formula is C20H20O6. The molecule has 0 spiro atoms. The van der Waals surface area contributed by atoms with Gasteiger partial charge in [0.2, 0.25) is 12.5 Å². The van der Waals surface area contributed by atoms with Crippen LogP contribution in [-0.2, 0) is 6.42 Å². The molecule has 0 saturated carbocycles. The highest BCUT2D eigenvalue weighted by Gasteiger charge is 2.32. The molecule has 1 aliphatic heterocycles. The number of benzene rings is 2. The maximum Gasteiger partial charge on any atom is 0.231 e. The molecule has 0 radical (unpaired) electrons. The fourth-order valence-electron chi connectivity index (χ4n) is 3.66. The van der Waals surface area contributed by atoms with Crippen LogP contribution in [0.25, 0.3) is 0 Å². The van der Waals surface area contributed by atoms with E-state index in [1.54, 1.807) is 27.4 Å². The van der Waals surface area contributed by atoms with Gasteiger partial charge in [0.1, 0.15) is 0 Å². The normalized spacial score (nSPS) is 17.7. The van der Waals surface area contributed by atoms with E-state index in [-0.39, 0.29) is 18.5 Å². The molecule has 26 heavy (non-hydrogen) atoms. The van der Waals surface area contributed by atoms with Gasteiger partial charge >= 0.3 is 0 Å². The summed E-state index contributed by atoms with van der Waals surface area (Å²) >= 11 is 0. The van der Waals surface area contributed by atoms with Crippen LogP contribution in [0.5, 0.6) is 28.7 Å². The lowest BCUT2D eigenvalue weighted by molar-refractivity contribution is 0.0945. The lowest BCUT2D eigenvalue weighted by Gasteiger charge is -2.25. The molecule has 6 heteroatoms. The van der Waals surface area contributed by atoms with Gasteiger partial charge in [0.05, 0.1) is 21.3 Å². The van der Waals surface area contributed by atoms with Crippen LogP contribution in [0, 0.1) is 0 Å². The largest absolute Gasteiger partial charge is 0.493 e. The van der Waals surface area contributed by atoms with Gasteiger partial charge in [0, 0.05) is 11.5 Å². The number of aryl methyl sites for hydroxylation is 1. The van der Waals surface area contributed by atoms with Gasteiger partial charge in [-0.2, -0.15) is 0 Å². The Bertz CT molecular complexity index is 848. The minimum Gasteiger partial charge on any atom is -0.493 e. The van der Waals surface area contributed by atoms with Crippen LogP contribution < -0.4 is 23.7 Å². The number of rotatable bonds is 4. The Hall–Kier alpha value is -2.89. The first-order chi connectivity index (χ1) is 12.7. The molecule has 1 unspecified atom stereocenters. The number of methoxy groups -OCH3 is 3. The van der Waals surface area contributed by atoms with E-state index in [0.717, 1.165) is 17.5 Å². The van der Waals surface area contributed by atoms with Crippen LogP contribution >= 0.6 is 0 Å². The first-order valence-electron chi connectivity index (χ1n) is 8.43. The van der Waals surface area contributed by atoms with Crippen molar-refractivity contribution < 1.29 is 28.5 Å². The minimum atomic E-state index is -0.267. The van der Waals surface area contributed by atoms with Crippen molar-refractivity contribution in [1.82, 2.24) is 0 Å². The lowest BCUT2D eigenvalue weighted by Crippen LogP contribution is -2.21. The second kappa shape index (κ2) is 6.44. The molecule has 0 N–H and O–H groups in total. The summed E-state index contributed by atoms with van der Waals surface area (Å²) in [5.41, 5.74) is 2.55. The van der Waals surface area contributed by atoms with Crippen LogP contribution in [-0.4, -0.2) is 33.9 Å². The summed E-state index contributed by atoms with van der Waals surface area (Å²) in [7, 11) is 4.70. The van der Waals surface area contributed by atoms with Crippen molar-refractivity contribution in [2.75, 3.05) is 28.1 Å².